The molecule has 1 heterocycles. The first-order chi connectivity index (χ1) is 9.58. The average molecular weight is 274 g/mol. The highest BCUT2D eigenvalue weighted by molar-refractivity contribution is 5.24. The van der Waals surface area contributed by atoms with Crippen LogP contribution in [0.2, 0.25) is 0 Å². The van der Waals surface area contributed by atoms with Gasteiger partial charge in [0.2, 0.25) is 0 Å². The van der Waals surface area contributed by atoms with Crippen LogP contribution in [0.5, 0.6) is 0 Å². The Labute approximate surface area is 124 Å². The van der Waals surface area contributed by atoms with Crippen LogP contribution >= 0.6 is 0 Å². The van der Waals surface area contributed by atoms with Crippen LogP contribution in [0.1, 0.15) is 56.7 Å². The lowest BCUT2D eigenvalue weighted by Gasteiger charge is -2.41. The van der Waals surface area contributed by atoms with E-state index >= 15 is 0 Å². The molecule has 2 N–H and O–H groups in total. The van der Waals surface area contributed by atoms with Crippen LogP contribution in [0.3, 0.4) is 0 Å². The topological polar surface area (TPSA) is 29.3 Å². The maximum atomic E-state index is 6.37. The number of nitrogens with two attached hydrogens (primary N) is 1. The number of rotatable bonds is 5. The molecule has 0 radical (unpaired) electrons. The van der Waals surface area contributed by atoms with E-state index in [1.165, 1.54) is 49.9 Å². The van der Waals surface area contributed by atoms with Crippen molar-refractivity contribution in [3.8, 4) is 0 Å². The molecule has 0 spiro atoms. The van der Waals surface area contributed by atoms with E-state index in [1.54, 1.807) is 0 Å². The molecule has 2 nitrogen and oxygen atoms in total. The quantitative estimate of drug-likeness (QED) is 0.882. The normalized spacial score (nSPS) is 20.8. The minimum Gasteiger partial charge on any atom is -0.323 e. The summed E-state index contributed by atoms with van der Waals surface area (Å²) in [5, 5.41) is 0. The smallest absolute Gasteiger partial charge is 0.0424 e. The summed E-state index contributed by atoms with van der Waals surface area (Å²) in [6, 6.07) is 8.81. The predicted molar refractivity (Wildman–Crippen MR) is 86.8 cm³/mol. The third-order valence-electron chi connectivity index (χ3n) is 5.38. The fraction of sp³-hybridized carbons (Fsp3) is 0.667. The van der Waals surface area contributed by atoms with Crippen LogP contribution in [-0.2, 0) is 0 Å². The van der Waals surface area contributed by atoms with Gasteiger partial charge in [-0.05, 0) is 43.8 Å². The van der Waals surface area contributed by atoms with Crippen LogP contribution in [-0.4, -0.2) is 24.5 Å². The van der Waals surface area contributed by atoms with Crippen molar-refractivity contribution in [3.63, 3.8) is 0 Å². The summed E-state index contributed by atoms with van der Waals surface area (Å²) in [6.07, 6.45) is 5.31. The monoisotopic (exact) mass is 274 g/mol. The van der Waals surface area contributed by atoms with Crippen molar-refractivity contribution in [1.82, 2.24) is 4.90 Å². The van der Waals surface area contributed by atoms with Crippen LogP contribution in [0.25, 0.3) is 0 Å². The maximum Gasteiger partial charge on any atom is 0.0424 e. The van der Waals surface area contributed by atoms with Crippen molar-refractivity contribution in [2.24, 2.45) is 11.1 Å². The molecule has 112 valence electrons. The van der Waals surface area contributed by atoms with Crippen molar-refractivity contribution in [3.05, 3.63) is 35.4 Å². The van der Waals surface area contributed by atoms with Crippen molar-refractivity contribution >= 4 is 0 Å². The molecular formula is C18H30N2. The molecule has 1 fully saturated rings. The molecule has 1 unspecified atom stereocenters. The highest BCUT2D eigenvalue weighted by Crippen LogP contribution is 2.38. The van der Waals surface area contributed by atoms with Crippen molar-refractivity contribution in [2.45, 2.75) is 52.5 Å². The van der Waals surface area contributed by atoms with Gasteiger partial charge in [-0.3, -0.25) is 0 Å². The Balaban J connectivity index is 1.87. The van der Waals surface area contributed by atoms with E-state index in [1.807, 2.05) is 0 Å². The maximum absolute atomic E-state index is 6.37. The number of nitrogens with zero attached hydrogens (tertiary/aromatic N) is 1. The first kappa shape index (κ1) is 15.5. The van der Waals surface area contributed by atoms with Crippen molar-refractivity contribution in [1.29, 1.82) is 0 Å². The molecule has 20 heavy (non-hydrogen) atoms. The Morgan fingerprint density at radius 1 is 1.10 bits per heavy atom. The number of hydrogen-bond acceptors (Lipinski definition) is 2. The average Bonchev–Trinajstić information content (AvgIpc) is 2.49. The van der Waals surface area contributed by atoms with Gasteiger partial charge >= 0.3 is 0 Å². The van der Waals surface area contributed by atoms with Gasteiger partial charge in [0.1, 0.15) is 0 Å². The molecule has 0 bridgehead atoms. The van der Waals surface area contributed by atoms with Gasteiger partial charge < -0.3 is 10.6 Å². The van der Waals surface area contributed by atoms with Gasteiger partial charge in [-0.25, -0.2) is 0 Å². The molecule has 1 atom stereocenters. The molecular weight excluding hydrogens is 244 g/mol. The van der Waals surface area contributed by atoms with E-state index in [4.69, 9.17) is 5.73 Å². The Bertz CT molecular complexity index is 396. The molecule has 1 aliphatic rings. The second kappa shape index (κ2) is 6.73. The molecule has 0 amide bonds. The molecule has 0 aromatic heterocycles. The highest BCUT2D eigenvalue weighted by atomic mass is 15.1. The van der Waals surface area contributed by atoms with Gasteiger partial charge in [-0.15, -0.1) is 0 Å². The van der Waals surface area contributed by atoms with E-state index in [0.717, 1.165) is 6.54 Å². The third-order valence-corrected chi connectivity index (χ3v) is 5.38. The number of piperidine rings is 1. The summed E-state index contributed by atoms with van der Waals surface area (Å²) in [7, 11) is 0. The number of aryl methyl sites for hydroxylation is 1. The van der Waals surface area contributed by atoms with E-state index in [-0.39, 0.29) is 6.04 Å². The zero-order valence-corrected chi connectivity index (χ0v) is 13.4. The molecule has 1 aromatic carbocycles. The summed E-state index contributed by atoms with van der Waals surface area (Å²) in [5.41, 5.74) is 9.53. The van der Waals surface area contributed by atoms with E-state index in [2.05, 4.69) is 49.9 Å². The number of likely N-dealkylation sites (tertiary alicyclic amines) is 1. The fourth-order valence-corrected chi connectivity index (χ4v) is 3.36. The Hall–Kier alpha value is -0.860. The lowest BCUT2D eigenvalue weighted by atomic mass is 9.74. The zero-order valence-electron chi connectivity index (χ0n) is 13.4. The molecule has 0 saturated carbocycles. The second-order valence-corrected chi connectivity index (χ2v) is 6.52. The van der Waals surface area contributed by atoms with Gasteiger partial charge in [0.15, 0.2) is 0 Å². The summed E-state index contributed by atoms with van der Waals surface area (Å²) < 4.78 is 0. The molecule has 2 rings (SSSR count). The van der Waals surface area contributed by atoms with Crippen molar-refractivity contribution in [2.75, 3.05) is 19.6 Å². The summed E-state index contributed by atoms with van der Waals surface area (Å²) in [6.45, 7) is 10.2. The molecule has 1 aliphatic heterocycles. The van der Waals surface area contributed by atoms with E-state index in [0.29, 0.717) is 5.41 Å². The van der Waals surface area contributed by atoms with E-state index in [9.17, 15) is 0 Å². The number of hydrogen-bond donors (Lipinski definition) is 1. The lowest BCUT2D eigenvalue weighted by Crippen LogP contribution is -2.42. The first-order valence-corrected chi connectivity index (χ1v) is 8.13. The highest BCUT2D eigenvalue weighted by Gasteiger charge is 2.31. The molecule has 0 aliphatic carbocycles. The van der Waals surface area contributed by atoms with E-state index < -0.39 is 0 Å². The van der Waals surface area contributed by atoms with Crippen LogP contribution in [0, 0.1) is 12.3 Å². The Morgan fingerprint density at radius 2 is 1.65 bits per heavy atom. The van der Waals surface area contributed by atoms with Crippen LogP contribution in [0.15, 0.2) is 24.3 Å². The minimum atomic E-state index is 0.145. The first-order valence-electron chi connectivity index (χ1n) is 8.13. The Morgan fingerprint density at radius 3 is 2.15 bits per heavy atom. The molecule has 2 heteroatoms. The predicted octanol–water partition coefficient (Wildman–Crippen LogP) is 3.90. The minimum absolute atomic E-state index is 0.145. The SMILES string of the molecule is CCC1(CC)CCN(CC(N)c2ccc(C)cc2)CC1. The van der Waals surface area contributed by atoms with Gasteiger partial charge in [-0.2, -0.15) is 0 Å². The second-order valence-electron chi connectivity index (χ2n) is 6.52. The number of benzene rings is 1. The molecule has 1 saturated heterocycles. The van der Waals surface area contributed by atoms with Gasteiger partial charge in [0, 0.05) is 12.6 Å². The summed E-state index contributed by atoms with van der Waals surface area (Å²) >= 11 is 0. The lowest BCUT2D eigenvalue weighted by molar-refractivity contribution is 0.0914. The Kier molecular flexibility index (Phi) is 5.22. The standard InChI is InChI=1S/C18H30N2/c1-4-18(5-2)10-12-20(13-11-18)14-17(19)16-8-6-15(3)7-9-16/h6-9,17H,4-5,10-14,19H2,1-3H3. The van der Waals surface area contributed by atoms with Crippen molar-refractivity contribution < 1.29 is 0 Å². The molecule has 1 aromatic rings. The van der Waals surface area contributed by atoms with Gasteiger partial charge in [-0.1, -0.05) is 56.5 Å². The zero-order chi connectivity index (χ0) is 14.6. The third kappa shape index (κ3) is 3.62. The van der Waals surface area contributed by atoms with Crippen LogP contribution in [0.4, 0.5) is 0 Å². The van der Waals surface area contributed by atoms with Gasteiger partial charge in [0.05, 0.1) is 0 Å². The summed E-state index contributed by atoms with van der Waals surface area (Å²) in [5.74, 6) is 0. The largest absolute Gasteiger partial charge is 0.323 e. The fourth-order valence-electron chi connectivity index (χ4n) is 3.36. The van der Waals surface area contributed by atoms with Crippen LogP contribution < -0.4 is 5.73 Å². The summed E-state index contributed by atoms with van der Waals surface area (Å²) in [4.78, 5) is 2.55. The van der Waals surface area contributed by atoms with Gasteiger partial charge in [0.25, 0.3) is 0 Å².